The number of carbonyl (C=O) groups excluding carboxylic acids is 4. The average Bonchev–Trinajstić information content (AvgIpc) is 2.77. The molecular formula is C24H40O8. The van der Waals surface area contributed by atoms with E-state index in [-0.39, 0.29) is 23.9 Å². The summed E-state index contributed by atoms with van der Waals surface area (Å²) in [5, 5.41) is 0. The molecule has 0 aromatic rings. The van der Waals surface area contributed by atoms with E-state index in [1.54, 1.807) is 0 Å². The molecule has 0 aromatic carbocycles. The predicted molar refractivity (Wildman–Crippen MR) is 118 cm³/mol. The van der Waals surface area contributed by atoms with Crippen molar-refractivity contribution in [3.8, 4) is 0 Å². The molecule has 0 bridgehead atoms. The Morgan fingerprint density at radius 3 is 0.750 bits per heavy atom. The first-order valence-corrected chi connectivity index (χ1v) is 12.2. The van der Waals surface area contributed by atoms with Crippen LogP contribution in [-0.4, -0.2) is 50.3 Å². The van der Waals surface area contributed by atoms with Crippen LogP contribution in [0.3, 0.4) is 0 Å². The Labute approximate surface area is 191 Å². The first-order chi connectivity index (χ1) is 15.6. The van der Waals surface area contributed by atoms with Gasteiger partial charge in [-0.2, -0.15) is 0 Å². The number of hydrogen-bond donors (Lipinski definition) is 0. The molecule has 0 radical (unpaired) electrons. The third-order valence-electron chi connectivity index (χ3n) is 5.15. The van der Waals surface area contributed by atoms with Crippen molar-refractivity contribution in [3.05, 3.63) is 0 Å². The zero-order chi connectivity index (χ0) is 23.3. The number of esters is 4. The maximum absolute atomic E-state index is 11.7. The third-order valence-corrected chi connectivity index (χ3v) is 5.15. The number of hydrogen-bond acceptors (Lipinski definition) is 8. The standard InChI is InChI=1S/C24H40O8/c25-21-13-5-1-9-17-29-22(26)14-6-2-11-19-31-24(28)16-8-4-12-20-32-23(27)15-7-3-10-18-30-21/h1-20H2. The monoisotopic (exact) mass is 456 g/mol. The lowest BCUT2D eigenvalue weighted by molar-refractivity contribution is -0.146. The van der Waals surface area contributed by atoms with E-state index in [0.717, 1.165) is 51.4 Å². The Bertz CT molecular complexity index is 410. The van der Waals surface area contributed by atoms with Crippen molar-refractivity contribution in [2.45, 2.75) is 103 Å². The molecule has 184 valence electrons. The van der Waals surface area contributed by atoms with Gasteiger partial charge in [0.2, 0.25) is 0 Å². The fourth-order valence-corrected chi connectivity index (χ4v) is 3.23. The molecule has 1 heterocycles. The number of rotatable bonds is 0. The normalized spacial score (nSPS) is 21.8. The van der Waals surface area contributed by atoms with Crippen LogP contribution in [0.2, 0.25) is 0 Å². The summed E-state index contributed by atoms with van der Waals surface area (Å²) in [6.07, 6.45) is 10.4. The van der Waals surface area contributed by atoms with Gasteiger partial charge in [0.15, 0.2) is 0 Å². The molecule has 1 aliphatic rings. The van der Waals surface area contributed by atoms with Crippen LogP contribution < -0.4 is 0 Å². The molecule has 0 atom stereocenters. The molecule has 0 aliphatic carbocycles. The molecule has 1 aliphatic heterocycles. The van der Waals surface area contributed by atoms with Gasteiger partial charge in [0, 0.05) is 25.7 Å². The van der Waals surface area contributed by atoms with E-state index in [9.17, 15) is 19.2 Å². The third kappa shape index (κ3) is 17.5. The van der Waals surface area contributed by atoms with Gasteiger partial charge in [0.05, 0.1) is 26.4 Å². The van der Waals surface area contributed by atoms with Gasteiger partial charge >= 0.3 is 23.9 Å². The highest BCUT2D eigenvalue weighted by molar-refractivity contribution is 5.70. The van der Waals surface area contributed by atoms with Crippen LogP contribution in [-0.2, 0) is 38.1 Å². The fraction of sp³-hybridized carbons (Fsp3) is 0.833. The van der Waals surface area contributed by atoms with E-state index < -0.39 is 0 Å². The van der Waals surface area contributed by atoms with Gasteiger partial charge in [0.1, 0.15) is 0 Å². The zero-order valence-corrected chi connectivity index (χ0v) is 19.4. The second-order valence-corrected chi connectivity index (χ2v) is 8.12. The minimum atomic E-state index is -0.208. The van der Waals surface area contributed by atoms with Crippen molar-refractivity contribution >= 4 is 23.9 Å². The van der Waals surface area contributed by atoms with Gasteiger partial charge < -0.3 is 18.9 Å². The van der Waals surface area contributed by atoms with E-state index in [2.05, 4.69) is 0 Å². The highest BCUT2D eigenvalue weighted by Gasteiger charge is 2.07. The predicted octanol–water partition coefficient (Wildman–Crippen LogP) is 4.41. The van der Waals surface area contributed by atoms with Gasteiger partial charge in [0.25, 0.3) is 0 Å². The lowest BCUT2D eigenvalue weighted by Crippen LogP contribution is -2.09. The molecule has 8 heteroatoms. The van der Waals surface area contributed by atoms with Crippen molar-refractivity contribution in [2.24, 2.45) is 0 Å². The van der Waals surface area contributed by atoms with Crippen molar-refractivity contribution in [3.63, 3.8) is 0 Å². The molecule has 0 saturated carbocycles. The van der Waals surface area contributed by atoms with Crippen LogP contribution in [0.1, 0.15) is 103 Å². The quantitative estimate of drug-likeness (QED) is 0.390. The lowest BCUT2D eigenvalue weighted by atomic mass is 10.2. The molecule has 0 N–H and O–H groups in total. The second-order valence-electron chi connectivity index (χ2n) is 8.12. The Morgan fingerprint density at radius 2 is 0.531 bits per heavy atom. The molecule has 32 heavy (non-hydrogen) atoms. The highest BCUT2D eigenvalue weighted by atomic mass is 16.5. The molecule has 0 aromatic heterocycles. The van der Waals surface area contributed by atoms with E-state index in [4.69, 9.17) is 18.9 Å². The lowest BCUT2D eigenvalue weighted by Gasteiger charge is -2.07. The number of ether oxygens (including phenoxy) is 4. The molecule has 8 nitrogen and oxygen atoms in total. The maximum atomic E-state index is 11.7. The van der Waals surface area contributed by atoms with Crippen LogP contribution in [0, 0.1) is 0 Å². The van der Waals surface area contributed by atoms with Crippen LogP contribution in [0.5, 0.6) is 0 Å². The van der Waals surface area contributed by atoms with Crippen molar-refractivity contribution < 1.29 is 38.1 Å². The van der Waals surface area contributed by atoms with Gasteiger partial charge in [-0.25, -0.2) is 0 Å². The molecule has 0 amide bonds. The minimum absolute atomic E-state index is 0.208. The van der Waals surface area contributed by atoms with Crippen molar-refractivity contribution in [1.82, 2.24) is 0 Å². The van der Waals surface area contributed by atoms with Gasteiger partial charge in [-0.15, -0.1) is 0 Å². The molecule has 1 saturated heterocycles. The largest absolute Gasteiger partial charge is 0.466 e. The first-order valence-electron chi connectivity index (χ1n) is 12.2. The van der Waals surface area contributed by atoms with E-state index in [1.807, 2.05) is 0 Å². The van der Waals surface area contributed by atoms with Crippen molar-refractivity contribution in [2.75, 3.05) is 26.4 Å². The summed E-state index contributed by atoms with van der Waals surface area (Å²) in [4.78, 5) is 46.8. The molecular weight excluding hydrogens is 416 g/mol. The van der Waals surface area contributed by atoms with Crippen molar-refractivity contribution in [1.29, 1.82) is 0 Å². The Balaban J connectivity index is 2.26. The molecule has 1 rings (SSSR count). The fourth-order valence-electron chi connectivity index (χ4n) is 3.23. The summed E-state index contributed by atoms with van der Waals surface area (Å²) in [5.41, 5.74) is 0. The summed E-state index contributed by atoms with van der Waals surface area (Å²) in [6, 6.07) is 0. The average molecular weight is 457 g/mol. The summed E-state index contributed by atoms with van der Waals surface area (Å²) in [7, 11) is 0. The van der Waals surface area contributed by atoms with Crippen LogP contribution in [0.4, 0.5) is 0 Å². The summed E-state index contributed by atoms with van der Waals surface area (Å²) in [5.74, 6) is -0.832. The maximum Gasteiger partial charge on any atom is 0.305 e. The van der Waals surface area contributed by atoms with E-state index in [0.29, 0.717) is 77.8 Å². The van der Waals surface area contributed by atoms with Crippen LogP contribution in [0.15, 0.2) is 0 Å². The van der Waals surface area contributed by atoms with Crippen LogP contribution >= 0.6 is 0 Å². The van der Waals surface area contributed by atoms with Crippen LogP contribution in [0.25, 0.3) is 0 Å². The number of carbonyl (C=O) groups is 4. The van der Waals surface area contributed by atoms with Gasteiger partial charge in [-0.1, -0.05) is 0 Å². The number of cyclic esters (lactones) is 4. The first kappa shape index (κ1) is 27.9. The zero-order valence-electron chi connectivity index (χ0n) is 19.4. The minimum Gasteiger partial charge on any atom is -0.466 e. The Hall–Kier alpha value is -2.12. The molecule has 0 spiro atoms. The summed E-state index contributed by atoms with van der Waals surface area (Å²) >= 11 is 0. The second kappa shape index (κ2) is 19.6. The Morgan fingerprint density at radius 1 is 0.312 bits per heavy atom. The molecule has 0 unspecified atom stereocenters. The topological polar surface area (TPSA) is 105 Å². The summed E-state index contributed by atoms with van der Waals surface area (Å²) < 4.78 is 20.8. The smallest absolute Gasteiger partial charge is 0.305 e. The van der Waals surface area contributed by atoms with Gasteiger partial charge in [-0.3, -0.25) is 19.2 Å². The van der Waals surface area contributed by atoms with Gasteiger partial charge in [-0.05, 0) is 77.0 Å². The Kier molecular flexibility index (Phi) is 17.1. The van der Waals surface area contributed by atoms with E-state index in [1.165, 1.54) is 0 Å². The summed E-state index contributed by atoms with van der Waals surface area (Å²) in [6.45, 7) is 1.48. The highest BCUT2D eigenvalue weighted by Crippen LogP contribution is 2.08. The SMILES string of the molecule is O=C1CCCCCOC(=O)CCCCCOC(=O)CCCCCOC(=O)CCCCCO1. The van der Waals surface area contributed by atoms with E-state index >= 15 is 0 Å². The molecule has 1 fully saturated rings.